The highest BCUT2D eigenvalue weighted by atomic mass is 16.2. The lowest BCUT2D eigenvalue weighted by atomic mass is 10.0. The summed E-state index contributed by atoms with van der Waals surface area (Å²) in [6.07, 6.45) is 3.83. The van der Waals surface area contributed by atoms with E-state index in [9.17, 15) is 9.59 Å². The highest BCUT2D eigenvalue weighted by Crippen LogP contribution is 2.14. The van der Waals surface area contributed by atoms with E-state index < -0.39 is 0 Å². The van der Waals surface area contributed by atoms with Gasteiger partial charge in [-0.1, -0.05) is 19.9 Å². The van der Waals surface area contributed by atoms with Gasteiger partial charge in [-0.15, -0.1) is 0 Å². The van der Waals surface area contributed by atoms with Crippen LogP contribution in [-0.4, -0.2) is 40.8 Å². The Morgan fingerprint density at radius 3 is 2.62 bits per heavy atom. The average molecular weight is 289 g/mol. The Hall–Kier alpha value is -1.91. The summed E-state index contributed by atoms with van der Waals surface area (Å²) >= 11 is 0. The van der Waals surface area contributed by atoms with Crippen LogP contribution in [-0.2, 0) is 4.79 Å². The van der Waals surface area contributed by atoms with Gasteiger partial charge in [0.1, 0.15) is 5.69 Å². The molecule has 1 aliphatic heterocycles. The molecule has 1 saturated heterocycles. The van der Waals surface area contributed by atoms with E-state index in [1.807, 2.05) is 4.90 Å². The second-order valence-electron chi connectivity index (χ2n) is 5.94. The number of pyridine rings is 1. The molecule has 1 N–H and O–H groups in total. The molecule has 5 nitrogen and oxygen atoms in total. The Kier molecular flexibility index (Phi) is 5.31. The van der Waals surface area contributed by atoms with Crippen LogP contribution in [0.3, 0.4) is 0 Å². The quantitative estimate of drug-likeness (QED) is 0.920. The van der Waals surface area contributed by atoms with Gasteiger partial charge in [0.05, 0.1) is 0 Å². The lowest BCUT2D eigenvalue weighted by Crippen LogP contribution is -2.46. The van der Waals surface area contributed by atoms with Crippen LogP contribution in [0, 0.1) is 5.92 Å². The molecule has 0 bridgehead atoms. The van der Waals surface area contributed by atoms with Crippen LogP contribution in [0.2, 0.25) is 0 Å². The van der Waals surface area contributed by atoms with Gasteiger partial charge in [-0.2, -0.15) is 0 Å². The molecular weight excluding hydrogens is 266 g/mol. The topological polar surface area (TPSA) is 62.3 Å². The van der Waals surface area contributed by atoms with Crippen molar-refractivity contribution in [3.05, 3.63) is 30.1 Å². The minimum atomic E-state index is -0.137. The van der Waals surface area contributed by atoms with Gasteiger partial charge in [-0.25, -0.2) is 0 Å². The van der Waals surface area contributed by atoms with E-state index in [0.29, 0.717) is 18.0 Å². The molecule has 1 aromatic heterocycles. The van der Waals surface area contributed by atoms with Crippen molar-refractivity contribution in [1.82, 2.24) is 15.2 Å². The van der Waals surface area contributed by atoms with Crippen molar-refractivity contribution in [2.24, 2.45) is 5.92 Å². The predicted octanol–water partition coefficient (Wildman–Crippen LogP) is 1.85. The lowest BCUT2D eigenvalue weighted by molar-refractivity contribution is -0.133. The van der Waals surface area contributed by atoms with Crippen LogP contribution in [0.1, 0.15) is 43.6 Å². The Balaban J connectivity index is 1.79. The first kappa shape index (κ1) is 15.5. The summed E-state index contributed by atoms with van der Waals surface area (Å²) in [7, 11) is 0. The van der Waals surface area contributed by atoms with E-state index in [1.165, 1.54) is 0 Å². The fourth-order valence-electron chi connectivity index (χ4n) is 2.51. The molecule has 2 rings (SSSR count). The maximum absolute atomic E-state index is 12.0. The molecule has 1 fully saturated rings. The molecule has 5 heteroatoms. The Morgan fingerprint density at radius 2 is 2.05 bits per heavy atom. The summed E-state index contributed by atoms with van der Waals surface area (Å²) < 4.78 is 0. The molecule has 1 aliphatic rings. The zero-order valence-electron chi connectivity index (χ0n) is 12.7. The number of carbonyl (C=O) groups excluding carboxylic acids is 2. The van der Waals surface area contributed by atoms with Gasteiger partial charge in [0, 0.05) is 31.7 Å². The summed E-state index contributed by atoms with van der Waals surface area (Å²) in [4.78, 5) is 30.0. The van der Waals surface area contributed by atoms with Crippen molar-refractivity contribution in [3.63, 3.8) is 0 Å². The number of rotatable bonds is 4. The first-order valence-corrected chi connectivity index (χ1v) is 7.56. The number of piperidine rings is 1. The molecule has 0 radical (unpaired) electrons. The number of hydrogen-bond acceptors (Lipinski definition) is 3. The number of aromatic nitrogens is 1. The average Bonchev–Trinajstić information content (AvgIpc) is 2.48. The van der Waals surface area contributed by atoms with E-state index >= 15 is 0 Å². The van der Waals surface area contributed by atoms with Gasteiger partial charge in [-0.3, -0.25) is 14.6 Å². The van der Waals surface area contributed by atoms with Crippen molar-refractivity contribution >= 4 is 11.8 Å². The Morgan fingerprint density at radius 1 is 1.33 bits per heavy atom. The molecule has 21 heavy (non-hydrogen) atoms. The highest BCUT2D eigenvalue weighted by molar-refractivity contribution is 5.92. The van der Waals surface area contributed by atoms with Crippen LogP contribution in [0.5, 0.6) is 0 Å². The van der Waals surface area contributed by atoms with E-state index in [1.54, 1.807) is 24.4 Å². The van der Waals surface area contributed by atoms with Crippen LogP contribution in [0.4, 0.5) is 0 Å². The summed E-state index contributed by atoms with van der Waals surface area (Å²) in [5.74, 6) is 0.473. The van der Waals surface area contributed by atoms with Crippen molar-refractivity contribution in [2.45, 2.75) is 39.2 Å². The molecular formula is C16H23N3O2. The molecule has 0 aromatic carbocycles. The van der Waals surface area contributed by atoms with Gasteiger partial charge >= 0.3 is 0 Å². The first-order valence-electron chi connectivity index (χ1n) is 7.56. The first-order chi connectivity index (χ1) is 10.1. The molecule has 114 valence electrons. The van der Waals surface area contributed by atoms with E-state index in [-0.39, 0.29) is 17.9 Å². The predicted molar refractivity (Wildman–Crippen MR) is 80.8 cm³/mol. The summed E-state index contributed by atoms with van der Waals surface area (Å²) in [5.41, 5.74) is 0.441. The summed E-state index contributed by atoms with van der Waals surface area (Å²) in [6.45, 7) is 5.55. The molecule has 0 atom stereocenters. The molecule has 1 aromatic rings. The number of carbonyl (C=O) groups is 2. The smallest absolute Gasteiger partial charge is 0.270 e. The minimum absolute atomic E-state index is 0.127. The van der Waals surface area contributed by atoms with Gasteiger partial charge < -0.3 is 10.2 Å². The Bertz CT molecular complexity index is 480. The number of amides is 2. The van der Waals surface area contributed by atoms with Crippen molar-refractivity contribution < 1.29 is 9.59 Å². The normalized spacial score (nSPS) is 16.0. The Labute approximate surface area is 125 Å². The van der Waals surface area contributed by atoms with E-state index in [0.717, 1.165) is 25.9 Å². The summed E-state index contributed by atoms with van der Waals surface area (Å²) in [5, 5.41) is 3.00. The third kappa shape index (κ3) is 4.55. The molecule has 2 amide bonds. The zero-order chi connectivity index (χ0) is 15.2. The fourth-order valence-corrected chi connectivity index (χ4v) is 2.51. The van der Waals surface area contributed by atoms with Crippen LogP contribution < -0.4 is 5.32 Å². The third-order valence-corrected chi connectivity index (χ3v) is 3.66. The lowest BCUT2D eigenvalue weighted by Gasteiger charge is -2.32. The van der Waals surface area contributed by atoms with E-state index in [4.69, 9.17) is 0 Å². The molecule has 0 unspecified atom stereocenters. The second kappa shape index (κ2) is 7.20. The SMILES string of the molecule is CC(C)CC(=O)N1CCC(NC(=O)c2ccccn2)CC1. The monoisotopic (exact) mass is 289 g/mol. The number of likely N-dealkylation sites (tertiary alicyclic amines) is 1. The van der Waals surface area contributed by atoms with Crippen LogP contribution >= 0.6 is 0 Å². The maximum atomic E-state index is 12.0. The fraction of sp³-hybridized carbons (Fsp3) is 0.562. The minimum Gasteiger partial charge on any atom is -0.348 e. The van der Waals surface area contributed by atoms with Gasteiger partial charge in [-0.05, 0) is 30.9 Å². The van der Waals surface area contributed by atoms with E-state index in [2.05, 4.69) is 24.1 Å². The molecule has 2 heterocycles. The van der Waals surface area contributed by atoms with Crippen molar-refractivity contribution in [3.8, 4) is 0 Å². The number of nitrogens with one attached hydrogen (secondary N) is 1. The van der Waals surface area contributed by atoms with Crippen LogP contribution in [0.15, 0.2) is 24.4 Å². The highest BCUT2D eigenvalue weighted by Gasteiger charge is 2.24. The largest absolute Gasteiger partial charge is 0.348 e. The number of hydrogen-bond donors (Lipinski definition) is 1. The number of nitrogens with zero attached hydrogens (tertiary/aromatic N) is 2. The molecule has 0 aliphatic carbocycles. The summed E-state index contributed by atoms with van der Waals surface area (Å²) in [6, 6.07) is 5.42. The second-order valence-corrected chi connectivity index (χ2v) is 5.94. The third-order valence-electron chi connectivity index (χ3n) is 3.66. The van der Waals surface area contributed by atoms with Gasteiger partial charge in [0.15, 0.2) is 0 Å². The molecule has 0 spiro atoms. The standard InChI is InChI=1S/C16H23N3O2/c1-12(2)11-15(20)19-9-6-13(7-10-19)18-16(21)14-5-3-4-8-17-14/h3-5,8,12-13H,6-7,9-11H2,1-2H3,(H,18,21). The maximum Gasteiger partial charge on any atom is 0.270 e. The van der Waals surface area contributed by atoms with Gasteiger partial charge in [0.25, 0.3) is 5.91 Å². The zero-order valence-corrected chi connectivity index (χ0v) is 12.7. The van der Waals surface area contributed by atoms with Crippen molar-refractivity contribution in [1.29, 1.82) is 0 Å². The van der Waals surface area contributed by atoms with Crippen LogP contribution in [0.25, 0.3) is 0 Å². The van der Waals surface area contributed by atoms with Gasteiger partial charge in [0.2, 0.25) is 5.91 Å². The molecule has 0 saturated carbocycles. The van der Waals surface area contributed by atoms with Crippen molar-refractivity contribution in [2.75, 3.05) is 13.1 Å².